The van der Waals surface area contributed by atoms with E-state index in [1.54, 1.807) is 29.2 Å². The Labute approximate surface area is 208 Å². The van der Waals surface area contributed by atoms with Gasteiger partial charge < -0.3 is 4.90 Å². The lowest BCUT2D eigenvalue weighted by atomic mass is 10.0. The van der Waals surface area contributed by atoms with Crippen molar-refractivity contribution in [3.8, 4) is 10.6 Å². The Bertz CT molecular complexity index is 1570. The number of benzene rings is 1. The summed E-state index contributed by atoms with van der Waals surface area (Å²) in [6.45, 7) is 0.689. The maximum absolute atomic E-state index is 14.5. The third-order valence-corrected chi connectivity index (χ3v) is 7.09. The number of fused-ring (bicyclic) bond motifs is 1. The molecule has 1 atom stereocenters. The maximum atomic E-state index is 14.5. The number of pyridine rings is 2. The van der Waals surface area contributed by atoms with Gasteiger partial charge in [0.1, 0.15) is 11.6 Å². The zero-order valence-electron chi connectivity index (χ0n) is 18.8. The summed E-state index contributed by atoms with van der Waals surface area (Å²) in [7, 11) is 0. The van der Waals surface area contributed by atoms with Crippen LogP contribution in [0.25, 0.3) is 16.1 Å². The number of aromatic nitrogens is 5. The van der Waals surface area contributed by atoms with E-state index >= 15 is 0 Å². The highest BCUT2D eigenvalue weighted by molar-refractivity contribution is 7.18. The topological polar surface area (TPSA) is 88.3 Å². The highest BCUT2D eigenvalue weighted by atomic mass is 32.1. The van der Waals surface area contributed by atoms with Crippen LogP contribution in [0.15, 0.2) is 67.3 Å². The van der Waals surface area contributed by atoms with Crippen LogP contribution < -0.4 is 10.2 Å². The zero-order chi connectivity index (χ0) is 24.6. The molecule has 4 aromatic heterocycles. The van der Waals surface area contributed by atoms with Gasteiger partial charge >= 0.3 is 0 Å². The molecule has 36 heavy (non-hydrogen) atoms. The van der Waals surface area contributed by atoms with Crippen LogP contribution in [-0.2, 0) is 0 Å². The minimum Gasteiger partial charge on any atom is -0.364 e. The third kappa shape index (κ3) is 4.07. The van der Waals surface area contributed by atoms with Crippen molar-refractivity contribution in [3.05, 3.63) is 90.0 Å². The van der Waals surface area contributed by atoms with Crippen LogP contribution in [0.4, 0.5) is 19.6 Å². The van der Waals surface area contributed by atoms with Crippen molar-refractivity contribution >= 4 is 33.6 Å². The third-order valence-electron chi connectivity index (χ3n) is 6.21. The molecule has 1 unspecified atom stereocenters. The average molecular weight is 504 g/mol. The first kappa shape index (κ1) is 22.2. The van der Waals surface area contributed by atoms with Gasteiger partial charge in [0.05, 0.1) is 23.3 Å². The number of carbonyl (C=O) groups is 1. The first-order valence-electron chi connectivity index (χ1n) is 11.3. The summed E-state index contributed by atoms with van der Waals surface area (Å²) in [6.07, 6.45) is 8.14. The molecule has 1 N–H and O–H groups in total. The van der Waals surface area contributed by atoms with Gasteiger partial charge in [-0.3, -0.25) is 15.1 Å². The van der Waals surface area contributed by atoms with E-state index in [4.69, 9.17) is 0 Å². The molecule has 180 valence electrons. The molecule has 5 heterocycles. The SMILES string of the molecule is O=C(Nc1nnc(-c2cccnc2)s1)c1cnn2ccc(N3CCCC3c3cc(F)ccc3F)cc12. The standard InChI is InChI=1S/C25H19F2N7OS/c26-16-5-6-20(27)18(11-16)21-4-2-9-33(21)17-7-10-34-22(12-17)19(14-29-34)23(35)30-25-32-31-24(36-25)15-3-1-8-28-13-15/h1,3,5-8,10-14,21H,2,4,9H2,(H,30,32,35). The largest absolute Gasteiger partial charge is 0.364 e. The molecule has 0 bridgehead atoms. The minimum atomic E-state index is -0.466. The summed E-state index contributed by atoms with van der Waals surface area (Å²) in [5.74, 6) is -1.27. The van der Waals surface area contributed by atoms with Crippen molar-refractivity contribution in [1.82, 2.24) is 24.8 Å². The quantitative estimate of drug-likeness (QED) is 0.358. The monoisotopic (exact) mass is 503 g/mol. The Kier molecular flexibility index (Phi) is 5.61. The first-order valence-corrected chi connectivity index (χ1v) is 12.1. The molecule has 1 amide bonds. The molecule has 11 heteroatoms. The fourth-order valence-corrected chi connectivity index (χ4v) is 5.27. The molecule has 1 fully saturated rings. The van der Waals surface area contributed by atoms with Crippen molar-refractivity contribution in [2.75, 3.05) is 16.8 Å². The van der Waals surface area contributed by atoms with Crippen LogP contribution >= 0.6 is 11.3 Å². The van der Waals surface area contributed by atoms with Gasteiger partial charge in [0.25, 0.3) is 5.91 Å². The van der Waals surface area contributed by atoms with Crippen molar-refractivity contribution in [2.24, 2.45) is 0 Å². The van der Waals surface area contributed by atoms with E-state index in [1.165, 1.54) is 23.6 Å². The number of nitrogens with zero attached hydrogens (tertiary/aromatic N) is 6. The van der Waals surface area contributed by atoms with Gasteiger partial charge in [-0.15, -0.1) is 10.2 Å². The van der Waals surface area contributed by atoms with Crippen LogP contribution in [-0.4, -0.2) is 37.2 Å². The number of anilines is 2. The normalized spacial score (nSPS) is 15.5. The van der Waals surface area contributed by atoms with Crippen molar-refractivity contribution in [3.63, 3.8) is 0 Å². The smallest absolute Gasteiger partial charge is 0.261 e. The van der Waals surface area contributed by atoms with Gasteiger partial charge in [-0.1, -0.05) is 11.3 Å². The second-order valence-corrected chi connectivity index (χ2v) is 9.38. The Morgan fingerprint density at radius 2 is 2.03 bits per heavy atom. The van der Waals surface area contributed by atoms with E-state index in [2.05, 4.69) is 25.6 Å². The van der Waals surface area contributed by atoms with Gasteiger partial charge in [-0.25, -0.2) is 13.3 Å². The predicted molar refractivity (Wildman–Crippen MR) is 132 cm³/mol. The van der Waals surface area contributed by atoms with E-state index in [0.717, 1.165) is 29.8 Å². The lowest BCUT2D eigenvalue weighted by molar-refractivity contribution is 0.102. The number of hydrogen-bond donors (Lipinski definition) is 1. The van der Waals surface area contributed by atoms with Crippen molar-refractivity contribution in [1.29, 1.82) is 0 Å². The summed E-state index contributed by atoms with van der Waals surface area (Å²) >= 11 is 1.25. The van der Waals surface area contributed by atoms with Crippen LogP contribution in [0, 0.1) is 11.6 Å². The molecule has 0 radical (unpaired) electrons. The number of nitrogens with one attached hydrogen (secondary N) is 1. The molecule has 5 aromatic rings. The van der Waals surface area contributed by atoms with Gasteiger partial charge in [-0.2, -0.15) is 5.10 Å². The molecule has 6 rings (SSSR count). The van der Waals surface area contributed by atoms with Crippen LogP contribution in [0.3, 0.4) is 0 Å². The second kappa shape index (κ2) is 9.08. The summed E-state index contributed by atoms with van der Waals surface area (Å²) in [4.78, 5) is 19.2. The predicted octanol–water partition coefficient (Wildman–Crippen LogP) is 5.12. The Morgan fingerprint density at radius 3 is 2.89 bits per heavy atom. The molecule has 1 aliphatic heterocycles. The van der Waals surface area contributed by atoms with Gasteiger partial charge in [-0.05, 0) is 55.3 Å². The van der Waals surface area contributed by atoms with Gasteiger partial charge in [0.15, 0.2) is 5.01 Å². The summed E-state index contributed by atoms with van der Waals surface area (Å²) in [5.41, 5.74) is 2.90. The molecular formula is C25H19F2N7OS. The van der Waals surface area contributed by atoms with E-state index in [-0.39, 0.29) is 11.9 Å². The number of hydrogen-bond acceptors (Lipinski definition) is 7. The Morgan fingerprint density at radius 1 is 1.11 bits per heavy atom. The summed E-state index contributed by atoms with van der Waals surface area (Å²) in [5, 5.41) is 16.3. The first-order chi connectivity index (χ1) is 17.6. The lowest BCUT2D eigenvalue weighted by Gasteiger charge is -2.27. The highest BCUT2D eigenvalue weighted by Crippen LogP contribution is 2.38. The molecular weight excluding hydrogens is 484 g/mol. The average Bonchev–Trinajstić information content (AvgIpc) is 3.65. The number of rotatable bonds is 5. The molecule has 0 spiro atoms. The number of amides is 1. The maximum Gasteiger partial charge on any atom is 0.261 e. The van der Waals surface area contributed by atoms with Crippen molar-refractivity contribution < 1.29 is 13.6 Å². The molecule has 1 aromatic carbocycles. The Balaban J connectivity index is 1.28. The molecule has 8 nitrogen and oxygen atoms in total. The van der Waals surface area contributed by atoms with Gasteiger partial charge in [0.2, 0.25) is 5.13 Å². The summed E-state index contributed by atoms with van der Waals surface area (Å²) in [6, 6.07) is 10.6. The highest BCUT2D eigenvalue weighted by Gasteiger charge is 2.29. The Hall–Kier alpha value is -4.25. The van der Waals surface area contributed by atoms with Crippen molar-refractivity contribution in [2.45, 2.75) is 18.9 Å². The molecule has 1 saturated heterocycles. The van der Waals surface area contributed by atoms with E-state index in [0.29, 0.717) is 39.7 Å². The number of halogens is 2. The van der Waals surface area contributed by atoms with E-state index in [9.17, 15) is 13.6 Å². The van der Waals surface area contributed by atoms with E-state index < -0.39 is 11.6 Å². The molecule has 0 saturated carbocycles. The minimum absolute atomic E-state index is 0.296. The molecule has 1 aliphatic rings. The fraction of sp³-hybridized carbons (Fsp3) is 0.160. The molecule has 0 aliphatic carbocycles. The summed E-state index contributed by atoms with van der Waals surface area (Å²) < 4.78 is 30.0. The van der Waals surface area contributed by atoms with Crippen LogP contribution in [0.1, 0.15) is 34.8 Å². The van der Waals surface area contributed by atoms with Crippen LogP contribution in [0.5, 0.6) is 0 Å². The zero-order valence-corrected chi connectivity index (χ0v) is 19.6. The van der Waals surface area contributed by atoms with E-state index in [1.807, 2.05) is 23.1 Å². The van der Waals surface area contributed by atoms with Gasteiger partial charge in [0, 0.05) is 41.9 Å². The van der Waals surface area contributed by atoms with Crippen LogP contribution in [0.2, 0.25) is 0 Å². The second-order valence-electron chi connectivity index (χ2n) is 8.40. The lowest BCUT2D eigenvalue weighted by Crippen LogP contribution is -2.23. The fourth-order valence-electron chi connectivity index (χ4n) is 4.54. The number of carbonyl (C=O) groups excluding carboxylic acids is 1.